The molecule has 0 radical (unpaired) electrons. The van der Waals surface area contributed by atoms with Gasteiger partial charge in [0.1, 0.15) is 5.75 Å². The van der Waals surface area contributed by atoms with Gasteiger partial charge < -0.3 is 45.6 Å². The van der Waals surface area contributed by atoms with Crippen LogP contribution in [0.25, 0.3) is 6.08 Å². The van der Waals surface area contributed by atoms with Crippen LogP contribution in [0.15, 0.2) is 104 Å². The second-order valence-corrected chi connectivity index (χ2v) is 20.6. The lowest BCUT2D eigenvalue weighted by Gasteiger charge is -2.29. The minimum atomic E-state index is -4.97. The third-order valence-corrected chi connectivity index (χ3v) is 12.1. The number of aliphatic hydroxyl groups is 8. The largest absolute Gasteiger partial charge is 0.423 e. The van der Waals surface area contributed by atoms with Crippen LogP contribution >= 0.6 is 0 Å². The van der Waals surface area contributed by atoms with E-state index in [0.717, 1.165) is 24.3 Å². The summed E-state index contributed by atoms with van der Waals surface area (Å²) in [5.74, 6) is -1.05. The number of alkyl halides is 15. The molecule has 0 saturated heterocycles. The molecule has 0 aliphatic rings. The lowest BCUT2D eigenvalue weighted by atomic mass is 9.87. The van der Waals surface area contributed by atoms with Crippen molar-refractivity contribution >= 4 is 12.0 Å². The van der Waals surface area contributed by atoms with Gasteiger partial charge >= 0.3 is 36.9 Å². The lowest BCUT2D eigenvalue weighted by molar-refractivity contribution is -0.260. The van der Waals surface area contributed by atoms with Crippen LogP contribution in [0.5, 0.6) is 5.75 Å². The molecule has 0 aliphatic heterocycles. The van der Waals surface area contributed by atoms with Gasteiger partial charge in [0.05, 0.1) is 16.8 Å². The van der Waals surface area contributed by atoms with Crippen molar-refractivity contribution in [3.05, 3.63) is 154 Å². The number of esters is 1. The molecule has 5 atom stereocenters. The van der Waals surface area contributed by atoms with E-state index in [-0.39, 0.29) is 33.6 Å². The summed E-state index contributed by atoms with van der Waals surface area (Å²) >= 11 is 0. The van der Waals surface area contributed by atoms with E-state index in [9.17, 15) is 112 Å². The van der Waals surface area contributed by atoms with Gasteiger partial charge in [0.15, 0.2) is 28.0 Å². The minimum absolute atomic E-state index is 0.0581. The monoisotopic (exact) mass is 1160 g/mol. The Bertz CT molecular complexity index is 2680. The van der Waals surface area contributed by atoms with Gasteiger partial charge in [0.25, 0.3) is 0 Å². The fourth-order valence-corrected chi connectivity index (χ4v) is 6.03. The Kier molecular flexibility index (Phi) is 21.6. The first-order chi connectivity index (χ1) is 34.7. The summed E-state index contributed by atoms with van der Waals surface area (Å²) in [6.45, 7) is 19.8. The molecule has 79 heavy (non-hydrogen) atoms. The summed E-state index contributed by atoms with van der Waals surface area (Å²) < 4.78 is 196. The molecule has 25 heteroatoms. The van der Waals surface area contributed by atoms with Crippen LogP contribution in [0.2, 0.25) is 0 Å². The van der Waals surface area contributed by atoms with Crippen LogP contribution < -0.4 is 4.74 Å². The van der Waals surface area contributed by atoms with Crippen molar-refractivity contribution in [1.29, 1.82) is 0 Å². The second-order valence-electron chi connectivity index (χ2n) is 20.6. The number of carbonyl (C=O) groups excluding carboxylic acids is 1. The van der Waals surface area contributed by atoms with Crippen molar-refractivity contribution in [3.8, 4) is 5.75 Å². The molecule has 444 valence electrons. The molecule has 10 nitrogen and oxygen atoms in total. The SMILES string of the molecule is C=C(C)C(=O)Oc1cc(C(C)(C)O)cc(C(C)(O)C(F)(F)F)c1.C=Cc1cc(C(C)(C)O)cc(C(C)(O)C(F)(F)F)c1.CC(C)(O)c1cccc(C(C)(O)C(F)(F)F)c1.CC(O)(c1ccc(C(C)(O)C(F)(F)F)cc1)C(F)(F)F. The molecule has 0 spiro atoms. The van der Waals surface area contributed by atoms with Gasteiger partial charge in [-0.3, -0.25) is 0 Å². The summed E-state index contributed by atoms with van der Waals surface area (Å²) in [6.07, 6.45) is -23.1. The molecular weight excluding hydrogens is 1090 g/mol. The molecular formula is C54H63F15O10. The smallest absolute Gasteiger partial charge is 0.421 e. The van der Waals surface area contributed by atoms with E-state index < -0.39 is 98.3 Å². The van der Waals surface area contributed by atoms with Crippen molar-refractivity contribution < 1.29 is 116 Å². The van der Waals surface area contributed by atoms with Crippen molar-refractivity contribution in [2.24, 2.45) is 0 Å². The third kappa shape index (κ3) is 18.0. The maximum Gasteiger partial charge on any atom is 0.421 e. The number of benzene rings is 4. The van der Waals surface area contributed by atoms with Crippen molar-refractivity contribution in [1.82, 2.24) is 0 Å². The highest BCUT2D eigenvalue weighted by atomic mass is 19.4. The molecule has 0 aromatic heterocycles. The molecule has 0 fully saturated rings. The lowest BCUT2D eigenvalue weighted by Crippen LogP contribution is -2.40. The van der Waals surface area contributed by atoms with Gasteiger partial charge in [-0.05, 0) is 176 Å². The standard InChI is InChI=1S/C16H19F3O4.C14H17F3O2.C12H12F6O2.C12H15F3O2/c1-9(2)13(20)23-12-7-10(14(3,4)21)6-11(8-12)15(5,22)16(17,18)19;1-5-9-6-10(12(2,3)18)8-11(7-9)13(4,19)14(15,16)17;1-9(19,11(13,14)15)7-3-5-8(6-4-7)10(2,20)12(16,17)18;1-10(2,16)8-5-4-6-9(7-8)11(3,17)12(13,14)15/h6-8,21-22H,1H2,2-5H3;5-8,18-19H,1H2,2-4H3;3-6,19-20H,1-2H3;4-7,16-17H,1-3H3. The third-order valence-electron chi connectivity index (χ3n) is 12.1. The Morgan fingerprint density at radius 2 is 0.646 bits per heavy atom. The van der Waals surface area contributed by atoms with E-state index in [1.165, 1.54) is 90.9 Å². The van der Waals surface area contributed by atoms with Gasteiger partial charge in [0, 0.05) is 5.57 Å². The second kappa shape index (κ2) is 23.9. The Morgan fingerprint density at radius 1 is 0.392 bits per heavy atom. The number of rotatable bonds is 11. The quantitative estimate of drug-likeness (QED) is 0.0311. The number of ether oxygens (including phenoxy) is 1. The van der Waals surface area contributed by atoms with Crippen LogP contribution in [-0.4, -0.2) is 77.7 Å². The first-order valence-electron chi connectivity index (χ1n) is 22.9. The highest BCUT2D eigenvalue weighted by molar-refractivity contribution is 5.88. The maximum atomic E-state index is 13.0. The van der Waals surface area contributed by atoms with E-state index in [1.807, 2.05) is 0 Å². The van der Waals surface area contributed by atoms with Crippen LogP contribution in [0.3, 0.4) is 0 Å². The Balaban J connectivity index is 0.000000530. The minimum Gasteiger partial charge on any atom is -0.423 e. The molecule has 0 saturated carbocycles. The Hall–Kier alpha value is -5.54. The summed E-state index contributed by atoms with van der Waals surface area (Å²) in [4.78, 5) is 11.6. The van der Waals surface area contributed by atoms with E-state index in [0.29, 0.717) is 70.0 Å². The molecule has 4 aromatic rings. The summed E-state index contributed by atoms with van der Waals surface area (Å²) in [5, 5.41) is 77.4. The number of hydrogen-bond donors (Lipinski definition) is 8. The van der Waals surface area contributed by atoms with Gasteiger partial charge in [-0.25, -0.2) is 4.79 Å². The van der Waals surface area contributed by atoms with Crippen LogP contribution in [-0.2, 0) is 49.6 Å². The first-order valence-corrected chi connectivity index (χ1v) is 22.9. The first kappa shape index (κ1) is 71.5. The van der Waals surface area contributed by atoms with Crippen molar-refractivity contribution in [2.45, 2.75) is 159 Å². The predicted molar refractivity (Wildman–Crippen MR) is 260 cm³/mol. The fourth-order valence-electron chi connectivity index (χ4n) is 6.03. The maximum absolute atomic E-state index is 13.0. The van der Waals surface area contributed by atoms with Crippen molar-refractivity contribution in [3.63, 3.8) is 0 Å². The number of hydrogen-bond acceptors (Lipinski definition) is 10. The van der Waals surface area contributed by atoms with Gasteiger partial charge in [-0.1, -0.05) is 61.7 Å². The Labute approximate surface area is 445 Å². The number of carbonyl (C=O) groups is 1. The normalized spacial score (nSPS) is 16.7. The summed E-state index contributed by atoms with van der Waals surface area (Å²) in [6, 6.07) is 15.1. The summed E-state index contributed by atoms with van der Waals surface area (Å²) in [7, 11) is 0. The van der Waals surface area contributed by atoms with Crippen LogP contribution in [0.4, 0.5) is 65.9 Å². The summed E-state index contributed by atoms with van der Waals surface area (Å²) in [5.41, 5.74) is -20.8. The molecule has 0 amide bonds. The van der Waals surface area contributed by atoms with E-state index in [2.05, 4.69) is 13.2 Å². The van der Waals surface area contributed by atoms with E-state index in [1.54, 1.807) is 0 Å². The van der Waals surface area contributed by atoms with Crippen LogP contribution in [0.1, 0.15) is 133 Å². The average molecular weight is 1160 g/mol. The highest BCUT2D eigenvalue weighted by Gasteiger charge is 2.55. The molecule has 4 aromatic carbocycles. The molecule has 4 rings (SSSR count). The molecule has 0 bridgehead atoms. The van der Waals surface area contributed by atoms with Gasteiger partial charge in [-0.2, -0.15) is 65.9 Å². The topological polar surface area (TPSA) is 188 Å². The zero-order valence-electron chi connectivity index (χ0n) is 44.6. The highest BCUT2D eigenvalue weighted by Crippen LogP contribution is 2.45. The van der Waals surface area contributed by atoms with Crippen LogP contribution in [0, 0.1) is 0 Å². The zero-order valence-corrected chi connectivity index (χ0v) is 44.6. The number of halogens is 15. The van der Waals surface area contributed by atoms with E-state index >= 15 is 0 Å². The van der Waals surface area contributed by atoms with E-state index in [4.69, 9.17) is 4.74 Å². The molecule has 8 N–H and O–H groups in total. The Morgan fingerprint density at radius 3 is 0.949 bits per heavy atom. The molecule has 0 heterocycles. The average Bonchev–Trinajstić information content (AvgIpc) is 3.26. The van der Waals surface area contributed by atoms with Gasteiger partial charge in [0.2, 0.25) is 0 Å². The van der Waals surface area contributed by atoms with Crippen molar-refractivity contribution in [2.75, 3.05) is 0 Å². The predicted octanol–water partition coefficient (Wildman–Crippen LogP) is 12.4. The molecule has 5 unspecified atom stereocenters. The van der Waals surface area contributed by atoms with Gasteiger partial charge in [-0.15, -0.1) is 0 Å². The zero-order chi connectivity index (χ0) is 62.7. The molecule has 0 aliphatic carbocycles. The fraction of sp³-hybridized carbons (Fsp3) is 0.463.